The van der Waals surface area contributed by atoms with Crippen molar-refractivity contribution in [3.05, 3.63) is 45.1 Å². The second-order valence-corrected chi connectivity index (χ2v) is 8.43. The number of amidine groups is 1. The van der Waals surface area contributed by atoms with Crippen molar-refractivity contribution >= 4 is 52.0 Å². The van der Waals surface area contributed by atoms with Gasteiger partial charge in [0.1, 0.15) is 11.9 Å². The normalized spacial score (nSPS) is 15.9. The van der Waals surface area contributed by atoms with Gasteiger partial charge in [-0.1, -0.05) is 17.5 Å². The lowest BCUT2D eigenvalue weighted by atomic mass is 10.2. The van der Waals surface area contributed by atoms with E-state index in [9.17, 15) is 9.59 Å². The molecule has 2 amide bonds. The minimum absolute atomic E-state index is 0.369. The molecule has 10 heteroatoms. The maximum Gasteiger partial charge on any atom is 0.262 e. The first kappa shape index (κ1) is 23.3. The smallest absolute Gasteiger partial charge is 0.262 e. The number of anilines is 2. The predicted octanol–water partition coefficient (Wildman–Crippen LogP) is 2.82. The zero-order valence-corrected chi connectivity index (χ0v) is 18.9. The third-order valence-electron chi connectivity index (χ3n) is 4.75. The average Bonchev–Trinajstić information content (AvgIpc) is 3.15. The first-order chi connectivity index (χ1) is 15.4. The molecular formula is C22H21ClN6O2S. The molecule has 1 unspecified atom stereocenters. The van der Waals surface area contributed by atoms with Gasteiger partial charge in [-0.05, 0) is 37.3 Å². The van der Waals surface area contributed by atoms with Gasteiger partial charge in [0.25, 0.3) is 5.91 Å². The molecule has 3 rings (SSSR count). The summed E-state index contributed by atoms with van der Waals surface area (Å²) in [5, 5.41) is 18.1. The number of nitrogens with one attached hydrogen (secondary N) is 3. The molecule has 1 fully saturated rings. The molecule has 32 heavy (non-hydrogen) atoms. The van der Waals surface area contributed by atoms with Gasteiger partial charge in [-0.25, -0.2) is 0 Å². The van der Waals surface area contributed by atoms with E-state index in [4.69, 9.17) is 23.3 Å². The Morgan fingerprint density at radius 3 is 2.84 bits per heavy atom. The Hall–Kier alpha value is -3.37. The largest absolute Gasteiger partial charge is 0.340 e. The Bertz CT molecular complexity index is 1130. The van der Waals surface area contributed by atoms with Crippen molar-refractivity contribution in [3.8, 4) is 18.5 Å². The molecule has 1 saturated heterocycles. The van der Waals surface area contributed by atoms with Crippen LogP contribution < -0.4 is 20.9 Å². The van der Waals surface area contributed by atoms with Crippen LogP contribution in [0.4, 0.5) is 11.4 Å². The summed E-state index contributed by atoms with van der Waals surface area (Å²) in [5.41, 5.74) is 1.19. The quantitative estimate of drug-likeness (QED) is 0.461. The van der Waals surface area contributed by atoms with Gasteiger partial charge < -0.3 is 20.9 Å². The molecule has 8 nitrogen and oxygen atoms in total. The zero-order chi connectivity index (χ0) is 23.1. The number of carbonyl (C=O) groups is 2. The van der Waals surface area contributed by atoms with Crippen LogP contribution in [0.25, 0.3) is 0 Å². The number of hydrogen-bond acceptors (Lipinski definition) is 6. The molecule has 164 valence electrons. The van der Waals surface area contributed by atoms with Gasteiger partial charge in [0, 0.05) is 31.7 Å². The highest BCUT2D eigenvalue weighted by atomic mass is 35.5. The highest BCUT2D eigenvalue weighted by Crippen LogP contribution is 2.30. The van der Waals surface area contributed by atoms with Gasteiger partial charge in [-0.2, -0.15) is 10.3 Å². The van der Waals surface area contributed by atoms with Gasteiger partial charge >= 0.3 is 0 Å². The fourth-order valence-corrected chi connectivity index (χ4v) is 4.14. The lowest BCUT2D eigenvalue weighted by Crippen LogP contribution is -2.41. The number of terminal acetylenes is 1. The van der Waals surface area contributed by atoms with E-state index >= 15 is 0 Å². The SMILES string of the molecule is C#Cc1ccc(C(=O)NC(C)C(=O)Nc2ccc(N3CCNCCC3=NC#N)c(Cl)c2)s1. The topological polar surface area (TPSA) is 110 Å². The van der Waals surface area contributed by atoms with Crippen molar-refractivity contribution < 1.29 is 9.59 Å². The minimum Gasteiger partial charge on any atom is -0.340 e. The van der Waals surface area contributed by atoms with E-state index in [-0.39, 0.29) is 11.8 Å². The Labute approximate surface area is 195 Å². The summed E-state index contributed by atoms with van der Waals surface area (Å²) in [4.78, 5) is 31.8. The van der Waals surface area contributed by atoms with Gasteiger partial charge in [-0.15, -0.1) is 17.8 Å². The highest BCUT2D eigenvalue weighted by molar-refractivity contribution is 7.14. The maximum atomic E-state index is 12.5. The summed E-state index contributed by atoms with van der Waals surface area (Å²) in [6.07, 6.45) is 7.77. The molecule has 1 aliphatic heterocycles. The van der Waals surface area contributed by atoms with Crippen LogP contribution in [0.1, 0.15) is 27.9 Å². The summed E-state index contributed by atoms with van der Waals surface area (Å²) in [7, 11) is 0. The number of nitrogens with zero attached hydrogens (tertiary/aromatic N) is 3. The molecule has 0 saturated carbocycles. The average molecular weight is 469 g/mol. The van der Waals surface area contributed by atoms with Crippen molar-refractivity contribution in [1.29, 1.82) is 5.26 Å². The Balaban J connectivity index is 1.67. The number of benzene rings is 1. The van der Waals surface area contributed by atoms with E-state index in [1.807, 2.05) is 11.1 Å². The number of nitriles is 1. The van der Waals surface area contributed by atoms with Gasteiger partial charge in [0.15, 0.2) is 0 Å². The Morgan fingerprint density at radius 2 is 2.16 bits per heavy atom. The van der Waals surface area contributed by atoms with E-state index < -0.39 is 6.04 Å². The number of halogens is 1. The second-order valence-electron chi connectivity index (χ2n) is 6.94. The minimum atomic E-state index is -0.775. The molecule has 1 aromatic carbocycles. The van der Waals surface area contributed by atoms with Crippen molar-refractivity contribution in [3.63, 3.8) is 0 Å². The number of aliphatic imine (C=N–C) groups is 1. The van der Waals surface area contributed by atoms with Crippen molar-refractivity contribution in [1.82, 2.24) is 10.6 Å². The van der Waals surface area contributed by atoms with Crippen molar-refractivity contribution in [2.75, 3.05) is 29.9 Å². The highest BCUT2D eigenvalue weighted by Gasteiger charge is 2.21. The molecule has 1 aliphatic rings. The molecule has 1 aromatic heterocycles. The predicted molar refractivity (Wildman–Crippen MR) is 127 cm³/mol. The van der Waals surface area contributed by atoms with Crippen LogP contribution in [0.5, 0.6) is 0 Å². The lowest BCUT2D eigenvalue weighted by Gasteiger charge is -2.24. The number of rotatable bonds is 5. The monoisotopic (exact) mass is 468 g/mol. The molecule has 0 spiro atoms. The van der Waals surface area contributed by atoms with Gasteiger partial charge in [0.2, 0.25) is 12.1 Å². The third-order valence-corrected chi connectivity index (χ3v) is 6.07. The molecule has 2 heterocycles. The molecule has 0 bridgehead atoms. The lowest BCUT2D eigenvalue weighted by molar-refractivity contribution is -0.117. The van der Waals surface area contributed by atoms with Crippen LogP contribution in [0.3, 0.4) is 0 Å². The number of hydrogen-bond donors (Lipinski definition) is 3. The first-order valence-corrected chi connectivity index (χ1v) is 11.0. The number of carbonyl (C=O) groups excluding carboxylic acids is 2. The maximum absolute atomic E-state index is 12.5. The first-order valence-electron chi connectivity index (χ1n) is 9.84. The van der Waals surface area contributed by atoms with Crippen LogP contribution in [-0.2, 0) is 4.79 Å². The van der Waals surface area contributed by atoms with Crippen LogP contribution in [0.2, 0.25) is 5.02 Å². The summed E-state index contributed by atoms with van der Waals surface area (Å²) in [6, 6.07) is 7.65. The fraction of sp³-hybridized carbons (Fsp3) is 0.273. The molecule has 0 aliphatic carbocycles. The van der Waals surface area contributed by atoms with Crippen LogP contribution >= 0.6 is 22.9 Å². The van der Waals surface area contributed by atoms with Gasteiger partial charge in [-0.3, -0.25) is 9.59 Å². The summed E-state index contributed by atoms with van der Waals surface area (Å²) < 4.78 is 0. The van der Waals surface area contributed by atoms with Crippen LogP contribution in [-0.4, -0.2) is 43.3 Å². The molecule has 3 N–H and O–H groups in total. The van der Waals surface area contributed by atoms with Crippen molar-refractivity contribution in [2.45, 2.75) is 19.4 Å². The number of thiophene rings is 1. The van der Waals surface area contributed by atoms with E-state index in [2.05, 4.69) is 26.9 Å². The van der Waals surface area contributed by atoms with E-state index in [1.54, 1.807) is 37.3 Å². The standard InChI is InChI=1S/C22H21ClN6O2S/c1-3-16-5-7-19(32-16)22(31)27-14(2)21(30)28-15-4-6-18(17(23)12-15)29-11-10-25-9-8-20(29)26-13-24/h1,4-7,12,14,25H,8-11H2,2H3,(H,27,31)(H,28,30). The summed E-state index contributed by atoms with van der Waals surface area (Å²) in [6.45, 7) is 3.65. The third kappa shape index (κ3) is 5.65. The van der Waals surface area contributed by atoms with E-state index in [1.165, 1.54) is 11.3 Å². The fourth-order valence-electron chi connectivity index (χ4n) is 3.14. The zero-order valence-electron chi connectivity index (χ0n) is 17.3. The molecule has 2 aromatic rings. The molecular weight excluding hydrogens is 448 g/mol. The molecule has 0 radical (unpaired) electrons. The van der Waals surface area contributed by atoms with Crippen LogP contribution in [0.15, 0.2) is 35.3 Å². The molecule has 1 atom stereocenters. The summed E-state index contributed by atoms with van der Waals surface area (Å²) >= 11 is 7.67. The number of amides is 2. The van der Waals surface area contributed by atoms with Crippen LogP contribution in [0, 0.1) is 23.8 Å². The van der Waals surface area contributed by atoms with E-state index in [0.29, 0.717) is 45.0 Å². The summed E-state index contributed by atoms with van der Waals surface area (Å²) in [5.74, 6) is 2.35. The second kappa shape index (κ2) is 10.8. The Morgan fingerprint density at radius 1 is 1.34 bits per heavy atom. The van der Waals surface area contributed by atoms with Crippen molar-refractivity contribution in [2.24, 2.45) is 4.99 Å². The van der Waals surface area contributed by atoms with E-state index in [0.717, 1.165) is 13.1 Å². The van der Waals surface area contributed by atoms with Gasteiger partial charge in [0.05, 0.1) is 20.5 Å². The Kier molecular flexibility index (Phi) is 7.85.